The molecule has 29 heavy (non-hydrogen) atoms. The van der Waals surface area contributed by atoms with E-state index in [1.54, 1.807) is 11.1 Å². The molecule has 7 nitrogen and oxygen atoms in total. The molecule has 0 spiro atoms. The minimum absolute atomic E-state index is 0.0124. The molecule has 2 aromatic heterocycles. The molecular weight excluding hydrogens is 368 g/mol. The van der Waals surface area contributed by atoms with Crippen LogP contribution in [-0.2, 0) is 4.79 Å². The Labute approximate surface area is 169 Å². The van der Waals surface area contributed by atoms with Crippen LogP contribution in [0.2, 0.25) is 0 Å². The summed E-state index contributed by atoms with van der Waals surface area (Å²) < 4.78 is 11.7. The van der Waals surface area contributed by atoms with Gasteiger partial charge < -0.3 is 14.1 Å². The molecule has 4 rings (SSSR count). The SMILES string of the molecule is CC(C)c1ccccc1OCC(=O)N1CCCC1c1nnc(-c2ccccn2)o1. The highest BCUT2D eigenvalue weighted by atomic mass is 16.5. The number of hydrogen-bond acceptors (Lipinski definition) is 6. The molecule has 0 radical (unpaired) electrons. The van der Waals surface area contributed by atoms with Gasteiger partial charge >= 0.3 is 0 Å². The van der Waals surface area contributed by atoms with Crippen LogP contribution in [0, 0.1) is 0 Å². The van der Waals surface area contributed by atoms with E-state index in [4.69, 9.17) is 9.15 Å². The first kappa shape index (κ1) is 19.1. The maximum absolute atomic E-state index is 12.9. The molecule has 0 saturated carbocycles. The fraction of sp³-hybridized carbons (Fsp3) is 0.364. The quantitative estimate of drug-likeness (QED) is 0.631. The second-order valence-electron chi connectivity index (χ2n) is 7.39. The average Bonchev–Trinajstić information content (AvgIpc) is 3.42. The minimum Gasteiger partial charge on any atom is -0.483 e. The van der Waals surface area contributed by atoms with Gasteiger partial charge in [-0.15, -0.1) is 10.2 Å². The molecule has 0 aliphatic carbocycles. The predicted octanol–water partition coefficient (Wildman–Crippen LogP) is 4.00. The van der Waals surface area contributed by atoms with E-state index in [0.29, 0.717) is 29.9 Å². The van der Waals surface area contributed by atoms with Gasteiger partial charge in [0.1, 0.15) is 17.5 Å². The van der Waals surface area contributed by atoms with Crippen molar-refractivity contribution in [3.63, 3.8) is 0 Å². The van der Waals surface area contributed by atoms with Gasteiger partial charge in [0.15, 0.2) is 6.61 Å². The van der Waals surface area contributed by atoms with Gasteiger partial charge in [-0.1, -0.05) is 38.1 Å². The van der Waals surface area contributed by atoms with Crippen LogP contribution in [0.25, 0.3) is 11.6 Å². The van der Waals surface area contributed by atoms with Gasteiger partial charge in [0.05, 0.1) is 0 Å². The van der Waals surface area contributed by atoms with Gasteiger partial charge in [-0.3, -0.25) is 9.78 Å². The number of benzene rings is 1. The largest absolute Gasteiger partial charge is 0.483 e. The second kappa shape index (κ2) is 8.43. The molecule has 1 amide bonds. The molecule has 3 aromatic rings. The fourth-order valence-electron chi connectivity index (χ4n) is 3.60. The number of rotatable bonds is 6. The van der Waals surface area contributed by atoms with E-state index in [-0.39, 0.29) is 18.6 Å². The third kappa shape index (κ3) is 4.13. The molecule has 1 saturated heterocycles. The molecule has 1 aliphatic heterocycles. The highest BCUT2D eigenvalue weighted by Gasteiger charge is 2.34. The summed E-state index contributed by atoms with van der Waals surface area (Å²) in [4.78, 5) is 18.9. The first-order chi connectivity index (χ1) is 14.1. The second-order valence-corrected chi connectivity index (χ2v) is 7.39. The average molecular weight is 392 g/mol. The summed E-state index contributed by atoms with van der Waals surface area (Å²) in [7, 11) is 0. The molecule has 3 heterocycles. The number of para-hydroxylation sites is 1. The predicted molar refractivity (Wildman–Crippen MR) is 107 cm³/mol. The van der Waals surface area contributed by atoms with Gasteiger partial charge in [-0.25, -0.2) is 0 Å². The third-order valence-electron chi connectivity index (χ3n) is 5.08. The maximum atomic E-state index is 12.9. The van der Waals surface area contributed by atoms with Crippen molar-refractivity contribution in [1.82, 2.24) is 20.1 Å². The lowest BCUT2D eigenvalue weighted by Crippen LogP contribution is -2.34. The van der Waals surface area contributed by atoms with Crippen molar-refractivity contribution in [3.8, 4) is 17.3 Å². The molecule has 1 atom stereocenters. The summed E-state index contributed by atoms with van der Waals surface area (Å²) in [6.07, 6.45) is 3.36. The number of nitrogens with zero attached hydrogens (tertiary/aromatic N) is 4. The van der Waals surface area contributed by atoms with Gasteiger partial charge in [-0.05, 0) is 42.5 Å². The summed E-state index contributed by atoms with van der Waals surface area (Å²) in [6, 6.07) is 13.1. The van der Waals surface area contributed by atoms with Crippen LogP contribution in [0.15, 0.2) is 53.1 Å². The molecule has 1 aromatic carbocycles. The monoisotopic (exact) mass is 392 g/mol. The molecule has 7 heteroatoms. The van der Waals surface area contributed by atoms with Crippen LogP contribution < -0.4 is 4.74 Å². The standard InChI is InChI=1S/C22H24N4O3/c1-15(2)16-8-3-4-11-19(16)28-14-20(27)26-13-7-10-18(26)22-25-24-21(29-22)17-9-5-6-12-23-17/h3-6,8-9,11-12,15,18H,7,10,13-14H2,1-2H3. The Morgan fingerprint density at radius 2 is 2.03 bits per heavy atom. The van der Waals surface area contributed by atoms with Crippen LogP contribution in [-0.4, -0.2) is 39.1 Å². The molecule has 0 bridgehead atoms. The van der Waals surface area contributed by atoms with Gasteiger partial charge in [0.2, 0.25) is 5.89 Å². The van der Waals surface area contributed by atoms with Crippen molar-refractivity contribution in [2.45, 2.75) is 38.6 Å². The fourth-order valence-corrected chi connectivity index (χ4v) is 3.60. The smallest absolute Gasteiger partial charge is 0.266 e. The van der Waals surface area contributed by atoms with E-state index >= 15 is 0 Å². The maximum Gasteiger partial charge on any atom is 0.266 e. The van der Waals surface area contributed by atoms with Crippen molar-refractivity contribution < 1.29 is 13.9 Å². The molecule has 1 fully saturated rings. The van der Waals surface area contributed by atoms with Crippen molar-refractivity contribution in [1.29, 1.82) is 0 Å². The van der Waals surface area contributed by atoms with Crippen LogP contribution in [0.1, 0.15) is 50.1 Å². The lowest BCUT2D eigenvalue weighted by molar-refractivity contribution is -0.134. The van der Waals surface area contributed by atoms with Crippen LogP contribution in [0.3, 0.4) is 0 Å². The lowest BCUT2D eigenvalue weighted by Gasteiger charge is -2.22. The van der Waals surface area contributed by atoms with E-state index in [2.05, 4.69) is 29.0 Å². The number of ether oxygens (including phenoxy) is 1. The van der Waals surface area contributed by atoms with Gasteiger partial charge in [-0.2, -0.15) is 0 Å². The van der Waals surface area contributed by atoms with E-state index < -0.39 is 0 Å². The Hall–Kier alpha value is -3.22. The Morgan fingerprint density at radius 1 is 1.21 bits per heavy atom. The van der Waals surface area contributed by atoms with Gasteiger partial charge in [0.25, 0.3) is 11.8 Å². The summed E-state index contributed by atoms with van der Waals surface area (Å²) in [5, 5.41) is 8.27. The zero-order valence-electron chi connectivity index (χ0n) is 16.6. The van der Waals surface area contributed by atoms with Gasteiger partial charge in [0, 0.05) is 12.7 Å². The number of carbonyl (C=O) groups is 1. The number of hydrogen-bond donors (Lipinski definition) is 0. The number of aromatic nitrogens is 3. The molecule has 1 unspecified atom stereocenters. The highest BCUT2D eigenvalue weighted by molar-refractivity contribution is 5.78. The third-order valence-corrected chi connectivity index (χ3v) is 5.08. The van der Waals surface area contributed by atoms with E-state index in [0.717, 1.165) is 24.2 Å². The number of likely N-dealkylation sites (tertiary alicyclic amines) is 1. The van der Waals surface area contributed by atoms with Crippen LogP contribution >= 0.6 is 0 Å². The normalized spacial score (nSPS) is 16.4. The first-order valence-electron chi connectivity index (χ1n) is 9.89. The van der Waals surface area contributed by atoms with Crippen molar-refractivity contribution in [3.05, 3.63) is 60.1 Å². The Balaban J connectivity index is 1.45. The zero-order valence-corrected chi connectivity index (χ0v) is 16.6. The zero-order chi connectivity index (χ0) is 20.2. The Bertz CT molecular complexity index is 971. The van der Waals surface area contributed by atoms with E-state index in [1.807, 2.05) is 42.5 Å². The van der Waals surface area contributed by atoms with Crippen molar-refractivity contribution in [2.75, 3.05) is 13.2 Å². The number of carbonyl (C=O) groups excluding carboxylic acids is 1. The van der Waals surface area contributed by atoms with Crippen LogP contribution in [0.5, 0.6) is 5.75 Å². The molecular formula is C22H24N4O3. The summed E-state index contributed by atoms with van der Waals surface area (Å²) in [5.41, 5.74) is 1.71. The lowest BCUT2D eigenvalue weighted by atomic mass is 10.0. The van der Waals surface area contributed by atoms with Crippen molar-refractivity contribution >= 4 is 5.91 Å². The molecule has 150 valence electrons. The van der Waals surface area contributed by atoms with Crippen molar-refractivity contribution in [2.24, 2.45) is 0 Å². The highest BCUT2D eigenvalue weighted by Crippen LogP contribution is 2.33. The van der Waals surface area contributed by atoms with E-state index in [9.17, 15) is 4.79 Å². The first-order valence-corrected chi connectivity index (χ1v) is 9.89. The topological polar surface area (TPSA) is 81.4 Å². The Morgan fingerprint density at radius 3 is 2.83 bits per heavy atom. The van der Waals surface area contributed by atoms with E-state index in [1.165, 1.54) is 0 Å². The Kier molecular flexibility index (Phi) is 5.55. The molecule has 0 N–H and O–H groups in total. The van der Waals surface area contributed by atoms with Crippen LogP contribution in [0.4, 0.5) is 0 Å². The minimum atomic E-state index is -0.226. The number of amides is 1. The number of pyridine rings is 1. The summed E-state index contributed by atoms with van der Waals surface area (Å²) >= 11 is 0. The summed E-state index contributed by atoms with van der Waals surface area (Å²) in [5.74, 6) is 1.80. The summed E-state index contributed by atoms with van der Waals surface area (Å²) in [6.45, 7) is 4.85. The molecule has 1 aliphatic rings.